The number of aryl methyl sites for hydroxylation is 1. The Balaban J connectivity index is 1.94. The molecule has 3 heteroatoms. The fourth-order valence-electron chi connectivity index (χ4n) is 2.45. The normalized spacial score (nSPS) is 21.4. The number of nitrogens with zero attached hydrogens (tertiary/aromatic N) is 1. The van der Waals surface area contributed by atoms with Crippen LogP contribution in [0.3, 0.4) is 0 Å². The lowest BCUT2D eigenvalue weighted by atomic mass is 9.89. The number of hydrogen-bond donors (Lipinski definition) is 1. The van der Waals surface area contributed by atoms with Crippen molar-refractivity contribution in [1.82, 2.24) is 5.43 Å². The standard InChI is InChI=1S/C16H22N2O/c1-3-13-7-9-14(10-8-13)16(19)18-17-15-6-4-5-12(2)11-15/h7-10,12H,3-6,11H2,1-2H3,(H,18,19)/b17-15-/t12-/m1/s1. The molecule has 0 saturated heterocycles. The summed E-state index contributed by atoms with van der Waals surface area (Å²) < 4.78 is 0. The van der Waals surface area contributed by atoms with Gasteiger partial charge in [-0.2, -0.15) is 5.10 Å². The summed E-state index contributed by atoms with van der Waals surface area (Å²) in [6.45, 7) is 4.34. The number of carbonyl (C=O) groups excluding carboxylic acids is 1. The van der Waals surface area contributed by atoms with Crippen LogP contribution in [-0.4, -0.2) is 11.6 Å². The maximum absolute atomic E-state index is 12.0. The van der Waals surface area contributed by atoms with Crippen molar-refractivity contribution in [3.63, 3.8) is 0 Å². The Labute approximate surface area is 115 Å². The van der Waals surface area contributed by atoms with Gasteiger partial charge in [-0.15, -0.1) is 0 Å². The minimum atomic E-state index is -0.117. The predicted octanol–water partition coefficient (Wildman–Crippen LogP) is 3.54. The number of carbonyl (C=O) groups is 1. The quantitative estimate of drug-likeness (QED) is 0.828. The molecule has 3 nitrogen and oxygen atoms in total. The van der Waals surface area contributed by atoms with Gasteiger partial charge >= 0.3 is 0 Å². The number of hydrogen-bond acceptors (Lipinski definition) is 2. The van der Waals surface area contributed by atoms with Crippen LogP contribution in [0.4, 0.5) is 0 Å². The molecule has 1 aromatic rings. The molecular formula is C16H22N2O. The molecule has 1 amide bonds. The van der Waals surface area contributed by atoms with Gasteiger partial charge in [-0.1, -0.05) is 26.0 Å². The maximum atomic E-state index is 12.0. The Morgan fingerprint density at radius 1 is 1.37 bits per heavy atom. The van der Waals surface area contributed by atoms with Gasteiger partial charge in [0.2, 0.25) is 0 Å². The van der Waals surface area contributed by atoms with Gasteiger partial charge in [0.05, 0.1) is 0 Å². The molecule has 0 heterocycles. The zero-order valence-corrected chi connectivity index (χ0v) is 11.8. The van der Waals surface area contributed by atoms with E-state index in [1.165, 1.54) is 18.4 Å². The molecule has 0 radical (unpaired) electrons. The highest BCUT2D eigenvalue weighted by atomic mass is 16.2. The topological polar surface area (TPSA) is 41.5 Å². The van der Waals surface area contributed by atoms with Crippen molar-refractivity contribution >= 4 is 11.6 Å². The summed E-state index contributed by atoms with van der Waals surface area (Å²) in [6, 6.07) is 7.70. The van der Waals surface area contributed by atoms with Crippen molar-refractivity contribution in [3.8, 4) is 0 Å². The van der Waals surface area contributed by atoms with Crippen LogP contribution < -0.4 is 5.43 Å². The zero-order chi connectivity index (χ0) is 13.7. The highest BCUT2D eigenvalue weighted by molar-refractivity contribution is 5.95. The fourth-order valence-corrected chi connectivity index (χ4v) is 2.45. The van der Waals surface area contributed by atoms with E-state index in [0.29, 0.717) is 11.5 Å². The average molecular weight is 258 g/mol. The Morgan fingerprint density at radius 2 is 2.11 bits per heavy atom. The van der Waals surface area contributed by atoms with Crippen molar-refractivity contribution in [2.75, 3.05) is 0 Å². The first-order valence-corrected chi connectivity index (χ1v) is 7.13. The molecule has 1 aliphatic carbocycles. The van der Waals surface area contributed by atoms with Crippen molar-refractivity contribution in [2.24, 2.45) is 11.0 Å². The number of rotatable bonds is 3. The van der Waals surface area contributed by atoms with Crippen LogP contribution >= 0.6 is 0 Å². The summed E-state index contributed by atoms with van der Waals surface area (Å²) in [5, 5.41) is 4.27. The average Bonchev–Trinajstić information content (AvgIpc) is 2.45. The smallest absolute Gasteiger partial charge is 0.267 e. The van der Waals surface area contributed by atoms with Crippen molar-refractivity contribution in [3.05, 3.63) is 35.4 Å². The van der Waals surface area contributed by atoms with Crippen LogP contribution in [0.1, 0.15) is 55.5 Å². The van der Waals surface area contributed by atoms with Gasteiger partial charge in [0.15, 0.2) is 0 Å². The molecule has 0 spiro atoms. The molecule has 0 aromatic heterocycles. The summed E-state index contributed by atoms with van der Waals surface area (Å²) in [5.41, 5.74) is 5.71. The van der Waals surface area contributed by atoms with Gasteiger partial charge in [0.1, 0.15) is 0 Å². The Kier molecular flexibility index (Phi) is 4.72. The molecule has 0 aliphatic heterocycles. The lowest BCUT2D eigenvalue weighted by Gasteiger charge is -2.18. The second-order valence-electron chi connectivity index (χ2n) is 5.37. The van der Waals surface area contributed by atoms with Crippen LogP contribution in [0, 0.1) is 5.92 Å². The minimum absolute atomic E-state index is 0.117. The molecule has 19 heavy (non-hydrogen) atoms. The van der Waals surface area contributed by atoms with E-state index in [1.807, 2.05) is 24.3 Å². The van der Waals surface area contributed by atoms with Gasteiger partial charge in [-0.3, -0.25) is 4.79 Å². The molecule has 0 unspecified atom stereocenters. The van der Waals surface area contributed by atoms with E-state index in [4.69, 9.17) is 0 Å². The third kappa shape index (κ3) is 3.91. The van der Waals surface area contributed by atoms with Crippen molar-refractivity contribution in [1.29, 1.82) is 0 Å². The third-order valence-corrected chi connectivity index (χ3v) is 3.69. The Bertz CT molecular complexity index is 462. The summed E-state index contributed by atoms with van der Waals surface area (Å²) in [5.74, 6) is 0.571. The molecule has 1 aliphatic rings. The largest absolute Gasteiger partial charge is 0.271 e. The summed E-state index contributed by atoms with van der Waals surface area (Å²) in [6.07, 6.45) is 5.46. The second-order valence-corrected chi connectivity index (χ2v) is 5.37. The number of nitrogens with one attached hydrogen (secondary N) is 1. The van der Waals surface area contributed by atoms with E-state index in [1.54, 1.807) is 0 Å². The first-order valence-electron chi connectivity index (χ1n) is 7.13. The molecule has 1 atom stereocenters. The molecule has 1 fully saturated rings. The van der Waals surface area contributed by atoms with E-state index in [9.17, 15) is 4.79 Å². The van der Waals surface area contributed by atoms with Gasteiger partial charge in [0.25, 0.3) is 5.91 Å². The number of hydrazone groups is 1. The minimum Gasteiger partial charge on any atom is -0.267 e. The van der Waals surface area contributed by atoms with Crippen LogP contribution in [0.15, 0.2) is 29.4 Å². The van der Waals surface area contributed by atoms with Crippen LogP contribution in [0.25, 0.3) is 0 Å². The SMILES string of the molecule is CCc1ccc(C(=O)N/N=C2/CCC[C@@H](C)C2)cc1. The summed E-state index contributed by atoms with van der Waals surface area (Å²) >= 11 is 0. The highest BCUT2D eigenvalue weighted by Crippen LogP contribution is 2.20. The van der Waals surface area contributed by atoms with Gasteiger partial charge in [0, 0.05) is 11.3 Å². The maximum Gasteiger partial charge on any atom is 0.271 e. The summed E-state index contributed by atoms with van der Waals surface area (Å²) in [4.78, 5) is 12.0. The summed E-state index contributed by atoms with van der Waals surface area (Å²) in [7, 11) is 0. The fraction of sp³-hybridized carbons (Fsp3) is 0.500. The van der Waals surface area contributed by atoms with E-state index >= 15 is 0 Å². The van der Waals surface area contributed by atoms with E-state index < -0.39 is 0 Å². The number of amides is 1. The van der Waals surface area contributed by atoms with Crippen LogP contribution in [0.2, 0.25) is 0 Å². The first kappa shape index (κ1) is 13.8. The van der Waals surface area contributed by atoms with Crippen molar-refractivity contribution < 1.29 is 4.79 Å². The van der Waals surface area contributed by atoms with Crippen LogP contribution in [-0.2, 0) is 6.42 Å². The first-order chi connectivity index (χ1) is 9.19. The lowest BCUT2D eigenvalue weighted by Crippen LogP contribution is -2.22. The molecule has 2 rings (SSSR count). The third-order valence-electron chi connectivity index (χ3n) is 3.69. The Hall–Kier alpha value is -1.64. The molecule has 1 N–H and O–H groups in total. The lowest BCUT2D eigenvalue weighted by molar-refractivity contribution is 0.0954. The predicted molar refractivity (Wildman–Crippen MR) is 78.4 cm³/mol. The van der Waals surface area contributed by atoms with E-state index in [2.05, 4.69) is 24.4 Å². The molecule has 1 saturated carbocycles. The van der Waals surface area contributed by atoms with E-state index in [-0.39, 0.29) is 5.91 Å². The molecular weight excluding hydrogens is 236 g/mol. The zero-order valence-electron chi connectivity index (χ0n) is 11.8. The number of benzene rings is 1. The van der Waals surface area contributed by atoms with Crippen molar-refractivity contribution in [2.45, 2.75) is 46.0 Å². The van der Waals surface area contributed by atoms with Gasteiger partial charge in [-0.05, 0) is 55.7 Å². The molecule has 0 bridgehead atoms. The highest BCUT2D eigenvalue weighted by Gasteiger charge is 2.14. The van der Waals surface area contributed by atoms with Crippen LogP contribution in [0.5, 0.6) is 0 Å². The second kappa shape index (κ2) is 6.50. The monoisotopic (exact) mass is 258 g/mol. The van der Waals surface area contributed by atoms with Gasteiger partial charge < -0.3 is 0 Å². The van der Waals surface area contributed by atoms with Gasteiger partial charge in [-0.25, -0.2) is 5.43 Å². The Morgan fingerprint density at radius 3 is 2.74 bits per heavy atom. The van der Waals surface area contributed by atoms with E-state index in [0.717, 1.165) is 25.0 Å². The molecule has 102 valence electrons. The molecule has 1 aromatic carbocycles.